The van der Waals surface area contributed by atoms with E-state index in [1.807, 2.05) is 0 Å². The third-order valence-electron chi connectivity index (χ3n) is 3.95. The maximum atomic E-state index is 3.65. The number of nitrogens with zero attached hydrogens (tertiary/aromatic N) is 1. The van der Waals surface area contributed by atoms with Crippen molar-refractivity contribution in [3.63, 3.8) is 0 Å². The SMILES string of the molecule is CC(C)CC1CN(C2CC2(C)C)CCN1. The van der Waals surface area contributed by atoms with Crippen molar-refractivity contribution in [1.82, 2.24) is 10.2 Å². The van der Waals surface area contributed by atoms with Crippen LogP contribution in [0.4, 0.5) is 0 Å². The lowest BCUT2D eigenvalue weighted by Gasteiger charge is -2.35. The zero-order valence-corrected chi connectivity index (χ0v) is 10.7. The van der Waals surface area contributed by atoms with E-state index in [0.717, 1.165) is 18.0 Å². The Hall–Kier alpha value is -0.0800. The Morgan fingerprint density at radius 2 is 2.07 bits per heavy atom. The fourth-order valence-electron chi connectivity index (χ4n) is 2.92. The van der Waals surface area contributed by atoms with Gasteiger partial charge in [0.25, 0.3) is 0 Å². The van der Waals surface area contributed by atoms with Crippen LogP contribution in [0.2, 0.25) is 0 Å². The molecule has 1 N–H and O–H groups in total. The van der Waals surface area contributed by atoms with Crippen LogP contribution < -0.4 is 5.32 Å². The Morgan fingerprint density at radius 1 is 1.40 bits per heavy atom. The second-order valence-electron chi connectivity index (χ2n) is 6.48. The highest BCUT2D eigenvalue weighted by Crippen LogP contribution is 2.48. The number of piperazine rings is 1. The van der Waals surface area contributed by atoms with Crippen molar-refractivity contribution < 1.29 is 0 Å². The molecule has 2 unspecified atom stereocenters. The van der Waals surface area contributed by atoms with E-state index in [1.165, 1.54) is 32.5 Å². The highest BCUT2D eigenvalue weighted by Gasteiger charge is 2.49. The molecular weight excluding hydrogens is 184 g/mol. The van der Waals surface area contributed by atoms with Crippen LogP contribution >= 0.6 is 0 Å². The summed E-state index contributed by atoms with van der Waals surface area (Å²) in [4.78, 5) is 2.71. The van der Waals surface area contributed by atoms with Gasteiger partial charge in [0.1, 0.15) is 0 Å². The second-order valence-corrected chi connectivity index (χ2v) is 6.48. The van der Waals surface area contributed by atoms with Crippen LogP contribution in [0.15, 0.2) is 0 Å². The summed E-state index contributed by atoms with van der Waals surface area (Å²) in [6.45, 7) is 13.1. The van der Waals surface area contributed by atoms with E-state index in [9.17, 15) is 0 Å². The summed E-state index contributed by atoms with van der Waals surface area (Å²) in [6, 6.07) is 1.60. The van der Waals surface area contributed by atoms with Crippen LogP contribution in [0.5, 0.6) is 0 Å². The van der Waals surface area contributed by atoms with E-state index < -0.39 is 0 Å². The summed E-state index contributed by atoms with van der Waals surface area (Å²) >= 11 is 0. The van der Waals surface area contributed by atoms with E-state index in [0.29, 0.717) is 5.41 Å². The van der Waals surface area contributed by atoms with E-state index in [2.05, 4.69) is 37.9 Å². The van der Waals surface area contributed by atoms with Gasteiger partial charge in [-0.1, -0.05) is 27.7 Å². The number of hydrogen-bond donors (Lipinski definition) is 1. The Balaban J connectivity index is 1.83. The summed E-state index contributed by atoms with van der Waals surface area (Å²) in [7, 11) is 0. The van der Waals surface area contributed by atoms with Gasteiger partial charge in [-0.2, -0.15) is 0 Å². The molecule has 1 aliphatic heterocycles. The van der Waals surface area contributed by atoms with Crippen molar-refractivity contribution >= 4 is 0 Å². The van der Waals surface area contributed by atoms with Gasteiger partial charge in [-0.3, -0.25) is 4.90 Å². The predicted octanol–water partition coefficient (Wildman–Crippen LogP) is 2.10. The average Bonchev–Trinajstić information content (AvgIpc) is 2.74. The molecule has 0 bridgehead atoms. The summed E-state index contributed by atoms with van der Waals surface area (Å²) in [5.74, 6) is 0.815. The molecule has 0 radical (unpaired) electrons. The standard InChI is InChI=1S/C13H26N2/c1-10(2)7-11-9-15(6-5-14-11)12-8-13(12,3)4/h10-12,14H,5-9H2,1-4H3. The fourth-order valence-corrected chi connectivity index (χ4v) is 2.92. The van der Waals surface area contributed by atoms with E-state index in [-0.39, 0.29) is 0 Å². The highest BCUT2D eigenvalue weighted by molar-refractivity contribution is 5.04. The zero-order chi connectivity index (χ0) is 11.1. The predicted molar refractivity (Wildman–Crippen MR) is 65.0 cm³/mol. The molecule has 0 amide bonds. The third-order valence-corrected chi connectivity index (χ3v) is 3.95. The minimum atomic E-state index is 0.597. The molecule has 0 aromatic rings. The lowest BCUT2D eigenvalue weighted by atomic mass is 10.0. The molecule has 0 aromatic heterocycles. The van der Waals surface area contributed by atoms with Gasteiger partial charge in [0, 0.05) is 31.7 Å². The van der Waals surface area contributed by atoms with Gasteiger partial charge in [0.15, 0.2) is 0 Å². The molecule has 1 heterocycles. The Morgan fingerprint density at radius 3 is 2.60 bits per heavy atom. The Labute approximate surface area is 94.4 Å². The normalized spacial score (nSPS) is 35.8. The molecule has 2 atom stereocenters. The highest BCUT2D eigenvalue weighted by atomic mass is 15.3. The zero-order valence-electron chi connectivity index (χ0n) is 10.7. The van der Waals surface area contributed by atoms with Gasteiger partial charge in [0.05, 0.1) is 0 Å². The van der Waals surface area contributed by atoms with Crippen molar-refractivity contribution in [2.24, 2.45) is 11.3 Å². The molecule has 1 saturated heterocycles. The van der Waals surface area contributed by atoms with Crippen molar-refractivity contribution in [3.05, 3.63) is 0 Å². The second kappa shape index (κ2) is 4.06. The first-order valence-electron chi connectivity index (χ1n) is 6.46. The Kier molecular flexibility index (Phi) is 3.09. The number of rotatable bonds is 3. The third kappa shape index (κ3) is 2.73. The Bertz CT molecular complexity index is 223. The number of hydrogen-bond acceptors (Lipinski definition) is 2. The van der Waals surface area contributed by atoms with Gasteiger partial charge in [-0.25, -0.2) is 0 Å². The number of nitrogens with one attached hydrogen (secondary N) is 1. The molecule has 2 rings (SSSR count). The molecular formula is C13H26N2. The molecule has 2 heteroatoms. The smallest absolute Gasteiger partial charge is 0.0198 e. The van der Waals surface area contributed by atoms with Gasteiger partial charge in [0.2, 0.25) is 0 Å². The summed E-state index contributed by atoms with van der Waals surface area (Å²) in [5, 5.41) is 3.65. The van der Waals surface area contributed by atoms with Gasteiger partial charge < -0.3 is 5.32 Å². The van der Waals surface area contributed by atoms with Crippen LogP contribution in [-0.2, 0) is 0 Å². The minimum Gasteiger partial charge on any atom is -0.311 e. The van der Waals surface area contributed by atoms with E-state index >= 15 is 0 Å². The van der Waals surface area contributed by atoms with Crippen molar-refractivity contribution in [1.29, 1.82) is 0 Å². The maximum Gasteiger partial charge on any atom is 0.0198 e. The van der Waals surface area contributed by atoms with Crippen LogP contribution in [0, 0.1) is 11.3 Å². The van der Waals surface area contributed by atoms with Gasteiger partial charge in [-0.15, -0.1) is 0 Å². The summed E-state index contributed by atoms with van der Waals surface area (Å²) < 4.78 is 0. The molecule has 1 saturated carbocycles. The van der Waals surface area contributed by atoms with Crippen LogP contribution in [0.3, 0.4) is 0 Å². The molecule has 1 aliphatic carbocycles. The monoisotopic (exact) mass is 210 g/mol. The van der Waals surface area contributed by atoms with Gasteiger partial charge >= 0.3 is 0 Å². The van der Waals surface area contributed by atoms with Crippen molar-refractivity contribution in [2.75, 3.05) is 19.6 Å². The molecule has 2 nitrogen and oxygen atoms in total. The topological polar surface area (TPSA) is 15.3 Å². The lowest BCUT2D eigenvalue weighted by molar-refractivity contribution is 0.163. The van der Waals surface area contributed by atoms with Crippen molar-refractivity contribution in [2.45, 2.75) is 52.6 Å². The molecule has 2 fully saturated rings. The molecule has 0 spiro atoms. The largest absolute Gasteiger partial charge is 0.311 e. The lowest BCUT2D eigenvalue weighted by Crippen LogP contribution is -2.52. The molecule has 0 aromatic carbocycles. The first-order chi connectivity index (χ1) is 6.99. The summed E-state index contributed by atoms with van der Waals surface area (Å²) in [6.07, 6.45) is 2.73. The molecule has 15 heavy (non-hydrogen) atoms. The van der Waals surface area contributed by atoms with E-state index in [4.69, 9.17) is 0 Å². The molecule has 2 aliphatic rings. The van der Waals surface area contributed by atoms with Crippen molar-refractivity contribution in [3.8, 4) is 0 Å². The average molecular weight is 210 g/mol. The van der Waals surface area contributed by atoms with E-state index in [1.54, 1.807) is 0 Å². The quantitative estimate of drug-likeness (QED) is 0.767. The first kappa shape index (κ1) is 11.4. The van der Waals surface area contributed by atoms with Crippen LogP contribution in [0.25, 0.3) is 0 Å². The first-order valence-corrected chi connectivity index (χ1v) is 6.46. The van der Waals surface area contributed by atoms with Crippen LogP contribution in [-0.4, -0.2) is 36.6 Å². The maximum absolute atomic E-state index is 3.65. The molecule has 88 valence electrons. The summed E-state index contributed by atoms with van der Waals surface area (Å²) in [5.41, 5.74) is 0.597. The fraction of sp³-hybridized carbons (Fsp3) is 1.00. The minimum absolute atomic E-state index is 0.597. The van der Waals surface area contributed by atoms with Gasteiger partial charge in [-0.05, 0) is 24.2 Å². The van der Waals surface area contributed by atoms with Crippen LogP contribution in [0.1, 0.15) is 40.5 Å².